The molecule has 0 aromatic heterocycles. The number of nitrogens with one attached hydrogen (secondary N) is 1. The largest absolute Gasteiger partial charge is 0.444 e. The molecule has 1 amide bonds. The lowest BCUT2D eigenvalue weighted by Crippen LogP contribution is -2.54. The van der Waals surface area contributed by atoms with Gasteiger partial charge in [-0.3, -0.25) is 4.99 Å². The molecule has 8 heteroatoms. The highest BCUT2D eigenvalue weighted by Gasteiger charge is 2.38. The molecule has 1 heterocycles. The number of hydrogen-bond donors (Lipinski definition) is 1. The molecule has 0 bridgehead atoms. The topological polar surface area (TPSA) is 66.4 Å². The van der Waals surface area contributed by atoms with E-state index in [0.717, 1.165) is 58.0 Å². The first-order valence-electron chi connectivity index (χ1n) is 12.2. The maximum Gasteiger partial charge on any atom is 0.410 e. The third-order valence-corrected chi connectivity index (χ3v) is 7.07. The lowest BCUT2D eigenvalue weighted by molar-refractivity contribution is 0.00919. The quantitative estimate of drug-likeness (QED) is 0.267. The molecular weight excluding hydrogens is 519 g/mol. The standard InChI is InChI=1S/C24H44N4O3.HI/c1-23(2,3)31-22(29)28(17-19-7-8-19)20-9-14-27(15-10-20)21(25-4)26-18-24(11-6-12-24)13-16-30-5;/h19-20H,6-18H2,1-5H3,(H,25,26);1H. The van der Waals surface area contributed by atoms with Crippen LogP contribution in [0.3, 0.4) is 0 Å². The van der Waals surface area contributed by atoms with Crippen molar-refractivity contribution >= 4 is 36.0 Å². The number of piperidine rings is 1. The fraction of sp³-hybridized carbons (Fsp3) is 0.917. The van der Waals surface area contributed by atoms with Crippen molar-refractivity contribution in [3.63, 3.8) is 0 Å². The molecule has 0 aromatic carbocycles. The third kappa shape index (κ3) is 7.92. The van der Waals surface area contributed by atoms with Gasteiger partial charge < -0.3 is 24.6 Å². The average Bonchev–Trinajstić information content (AvgIpc) is 3.51. The number of hydrogen-bond acceptors (Lipinski definition) is 4. The van der Waals surface area contributed by atoms with Crippen LogP contribution in [0.2, 0.25) is 0 Å². The van der Waals surface area contributed by atoms with Gasteiger partial charge in [-0.05, 0) is 77.0 Å². The van der Waals surface area contributed by atoms with Gasteiger partial charge in [-0.15, -0.1) is 24.0 Å². The number of rotatable bonds is 8. The molecule has 1 saturated heterocycles. The minimum atomic E-state index is -0.453. The van der Waals surface area contributed by atoms with Crippen molar-refractivity contribution in [3.8, 4) is 0 Å². The molecule has 0 spiro atoms. The molecule has 3 rings (SSSR count). The van der Waals surface area contributed by atoms with Crippen LogP contribution in [0.5, 0.6) is 0 Å². The molecule has 2 aliphatic carbocycles. The summed E-state index contributed by atoms with van der Waals surface area (Å²) in [5.41, 5.74) is -0.0894. The smallest absolute Gasteiger partial charge is 0.410 e. The fourth-order valence-electron chi connectivity index (χ4n) is 4.77. The van der Waals surface area contributed by atoms with Crippen molar-refractivity contribution < 1.29 is 14.3 Å². The number of nitrogens with zero attached hydrogens (tertiary/aromatic N) is 3. The van der Waals surface area contributed by atoms with Crippen molar-refractivity contribution in [2.75, 3.05) is 46.9 Å². The Morgan fingerprint density at radius 2 is 1.84 bits per heavy atom. The highest BCUT2D eigenvalue weighted by Crippen LogP contribution is 2.43. The van der Waals surface area contributed by atoms with Gasteiger partial charge in [0.1, 0.15) is 5.60 Å². The van der Waals surface area contributed by atoms with Crippen molar-refractivity contribution in [1.29, 1.82) is 0 Å². The van der Waals surface area contributed by atoms with Crippen LogP contribution in [-0.4, -0.2) is 80.4 Å². The van der Waals surface area contributed by atoms with Crippen molar-refractivity contribution in [1.82, 2.24) is 15.1 Å². The molecular formula is C24H45IN4O3. The number of guanidine groups is 1. The van der Waals surface area contributed by atoms with Gasteiger partial charge in [0, 0.05) is 53.0 Å². The summed E-state index contributed by atoms with van der Waals surface area (Å²) in [6.07, 6.45) is 9.22. The predicted octanol–water partition coefficient (Wildman–Crippen LogP) is 4.50. The summed E-state index contributed by atoms with van der Waals surface area (Å²) in [6, 6.07) is 0.254. The number of aliphatic imine (C=N–C) groups is 1. The second-order valence-electron chi connectivity index (χ2n) is 10.8. The Bertz CT molecular complexity index is 621. The SMILES string of the molecule is CN=C(NCC1(CCOC)CCC1)N1CCC(N(CC2CC2)C(=O)OC(C)(C)C)CC1.I. The normalized spacial score (nSPS) is 21.4. The van der Waals surface area contributed by atoms with E-state index in [1.165, 1.54) is 32.1 Å². The van der Waals surface area contributed by atoms with Crippen molar-refractivity contribution in [2.45, 2.75) is 83.8 Å². The van der Waals surface area contributed by atoms with Gasteiger partial charge in [0.15, 0.2) is 5.96 Å². The molecule has 3 aliphatic rings. The van der Waals surface area contributed by atoms with E-state index in [9.17, 15) is 4.79 Å². The molecule has 1 aliphatic heterocycles. The minimum absolute atomic E-state index is 0. The van der Waals surface area contributed by atoms with Gasteiger partial charge in [0.25, 0.3) is 0 Å². The first-order chi connectivity index (χ1) is 14.8. The van der Waals surface area contributed by atoms with Crippen LogP contribution < -0.4 is 5.32 Å². The highest BCUT2D eigenvalue weighted by atomic mass is 127. The third-order valence-electron chi connectivity index (χ3n) is 7.07. The van der Waals surface area contributed by atoms with E-state index in [2.05, 4.69) is 15.2 Å². The van der Waals surface area contributed by atoms with E-state index in [1.807, 2.05) is 32.7 Å². The van der Waals surface area contributed by atoms with Gasteiger partial charge in [-0.1, -0.05) is 6.42 Å². The molecule has 2 saturated carbocycles. The van der Waals surface area contributed by atoms with Crippen LogP contribution in [0.4, 0.5) is 4.79 Å². The van der Waals surface area contributed by atoms with Crippen LogP contribution in [0, 0.1) is 11.3 Å². The Kier molecular flexibility index (Phi) is 10.4. The van der Waals surface area contributed by atoms with Gasteiger partial charge in [-0.2, -0.15) is 0 Å². The van der Waals surface area contributed by atoms with E-state index in [1.54, 1.807) is 7.11 Å². The van der Waals surface area contributed by atoms with E-state index in [0.29, 0.717) is 11.3 Å². The fourth-order valence-corrected chi connectivity index (χ4v) is 4.77. The monoisotopic (exact) mass is 564 g/mol. The Hall–Kier alpha value is -0.770. The number of halogens is 1. The van der Waals surface area contributed by atoms with Gasteiger partial charge >= 0.3 is 6.09 Å². The Morgan fingerprint density at radius 3 is 2.31 bits per heavy atom. The summed E-state index contributed by atoms with van der Waals surface area (Å²) >= 11 is 0. The molecule has 0 unspecified atom stereocenters. The second-order valence-corrected chi connectivity index (χ2v) is 10.8. The maximum atomic E-state index is 12.9. The number of carbonyl (C=O) groups is 1. The average molecular weight is 565 g/mol. The van der Waals surface area contributed by atoms with Crippen LogP contribution in [0.25, 0.3) is 0 Å². The summed E-state index contributed by atoms with van der Waals surface area (Å²) in [5.74, 6) is 1.65. The molecule has 0 atom stereocenters. The zero-order valence-electron chi connectivity index (χ0n) is 20.8. The Labute approximate surface area is 212 Å². The van der Waals surface area contributed by atoms with Crippen LogP contribution in [0.15, 0.2) is 4.99 Å². The minimum Gasteiger partial charge on any atom is -0.444 e. The number of methoxy groups -OCH3 is 1. The first-order valence-corrected chi connectivity index (χ1v) is 12.2. The lowest BCUT2D eigenvalue weighted by atomic mass is 9.67. The van der Waals surface area contributed by atoms with E-state index >= 15 is 0 Å². The Balaban J connectivity index is 0.00000363. The number of likely N-dealkylation sites (tertiary alicyclic amines) is 1. The number of ether oxygens (including phenoxy) is 2. The summed E-state index contributed by atoms with van der Waals surface area (Å²) < 4.78 is 11.1. The lowest BCUT2D eigenvalue weighted by Gasteiger charge is -2.44. The summed E-state index contributed by atoms with van der Waals surface area (Å²) in [6.45, 7) is 10.3. The van der Waals surface area contributed by atoms with Gasteiger partial charge in [-0.25, -0.2) is 4.79 Å². The van der Waals surface area contributed by atoms with Gasteiger partial charge in [0.2, 0.25) is 0 Å². The van der Waals surface area contributed by atoms with Crippen molar-refractivity contribution in [2.24, 2.45) is 16.3 Å². The molecule has 186 valence electrons. The molecule has 3 fully saturated rings. The Morgan fingerprint density at radius 1 is 1.19 bits per heavy atom. The zero-order valence-corrected chi connectivity index (χ0v) is 23.2. The van der Waals surface area contributed by atoms with E-state index in [4.69, 9.17) is 9.47 Å². The summed E-state index contributed by atoms with van der Waals surface area (Å²) in [7, 11) is 3.66. The predicted molar refractivity (Wildman–Crippen MR) is 140 cm³/mol. The molecule has 32 heavy (non-hydrogen) atoms. The molecule has 0 aromatic rings. The molecule has 0 radical (unpaired) electrons. The highest BCUT2D eigenvalue weighted by molar-refractivity contribution is 14.0. The summed E-state index contributed by atoms with van der Waals surface area (Å²) in [5, 5.41) is 3.65. The second kappa shape index (κ2) is 12.1. The number of amides is 1. The summed E-state index contributed by atoms with van der Waals surface area (Å²) in [4.78, 5) is 21.8. The van der Waals surface area contributed by atoms with Gasteiger partial charge in [0.05, 0.1) is 0 Å². The van der Waals surface area contributed by atoms with Crippen LogP contribution >= 0.6 is 24.0 Å². The first kappa shape index (κ1) is 27.5. The zero-order chi connectivity index (χ0) is 22.5. The van der Waals surface area contributed by atoms with E-state index in [-0.39, 0.29) is 36.1 Å². The van der Waals surface area contributed by atoms with Crippen LogP contribution in [-0.2, 0) is 9.47 Å². The molecule has 7 nitrogen and oxygen atoms in total. The molecule has 1 N–H and O–H groups in total. The van der Waals surface area contributed by atoms with Crippen LogP contribution in [0.1, 0.15) is 72.1 Å². The number of carbonyl (C=O) groups excluding carboxylic acids is 1. The van der Waals surface area contributed by atoms with Crippen molar-refractivity contribution in [3.05, 3.63) is 0 Å². The maximum absolute atomic E-state index is 12.9. The van der Waals surface area contributed by atoms with E-state index < -0.39 is 5.60 Å².